The Morgan fingerprint density at radius 3 is 2.16 bits per heavy atom. The molecule has 0 radical (unpaired) electrons. The van der Waals surface area contributed by atoms with Gasteiger partial charge in [0.15, 0.2) is 12.6 Å². The number of carboxylic acid groups (broad SMARTS) is 1. The van der Waals surface area contributed by atoms with Gasteiger partial charge in [-0.25, -0.2) is 4.79 Å². The highest BCUT2D eigenvalue weighted by atomic mass is 16.7. The Bertz CT molecular complexity index is 1810. The van der Waals surface area contributed by atoms with E-state index in [1.54, 1.807) is 95.6 Å². The van der Waals surface area contributed by atoms with E-state index in [2.05, 4.69) is 5.32 Å². The first-order chi connectivity index (χ1) is 32.2. The Morgan fingerprint density at radius 1 is 0.838 bits per heavy atom. The summed E-state index contributed by atoms with van der Waals surface area (Å²) in [5, 5.41) is 67.9. The van der Waals surface area contributed by atoms with Gasteiger partial charge in [-0.1, -0.05) is 93.7 Å². The number of aliphatic hydroxyl groups is 5. The molecule has 18 heteroatoms. The molecule has 0 saturated carbocycles. The van der Waals surface area contributed by atoms with E-state index in [4.69, 9.17) is 47.7 Å². The van der Waals surface area contributed by atoms with Crippen LogP contribution in [-0.4, -0.2) is 175 Å². The molecule has 1 amide bonds. The highest BCUT2D eigenvalue weighted by Gasteiger charge is 2.61. The van der Waals surface area contributed by atoms with Crippen molar-refractivity contribution in [2.45, 2.75) is 165 Å². The summed E-state index contributed by atoms with van der Waals surface area (Å²) in [6.45, 7) is 12.1. The summed E-state index contributed by atoms with van der Waals surface area (Å²) in [4.78, 5) is 24.9. The quantitative estimate of drug-likeness (QED) is 0.0608. The summed E-state index contributed by atoms with van der Waals surface area (Å²) in [5.74, 6) is -6.15. The number of carboxylic acids is 1. The van der Waals surface area contributed by atoms with Crippen molar-refractivity contribution in [3.8, 4) is 0 Å². The van der Waals surface area contributed by atoms with E-state index in [-0.39, 0.29) is 37.5 Å². The molecule has 18 nitrogen and oxygen atoms in total. The maximum atomic E-state index is 14.2. The SMILES string of the molecule is C/C=C\C=C/[C@@H]1O[C@](O)(C(CO[C@@H]2C[C@@H](OC)[C@@H](O[C@H]3C[C@@H](OC)[C@@H](O)[C@@H](C)O3)[C@@H](C)O2)C(=O)NC/C=C/C=C(\C)C(OC)C(C)C2CC(O)C(/C=C/C=C/C=C/C(=O)O)O2)[C@H](O)[C@H](O)C1(C)C. The van der Waals surface area contributed by atoms with Gasteiger partial charge in [-0.05, 0) is 33.3 Å². The van der Waals surface area contributed by atoms with Gasteiger partial charge in [0.25, 0.3) is 0 Å². The highest BCUT2D eigenvalue weighted by molar-refractivity contribution is 5.80. The first-order valence-electron chi connectivity index (χ1n) is 23.3. The lowest BCUT2D eigenvalue weighted by atomic mass is 9.71. The van der Waals surface area contributed by atoms with Crippen LogP contribution < -0.4 is 5.32 Å². The summed E-state index contributed by atoms with van der Waals surface area (Å²) in [6, 6.07) is 0. The second-order valence-electron chi connectivity index (χ2n) is 18.5. The third-order valence-corrected chi connectivity index (χ3v) is 13.3. The average Bonchev–Trinajstić information content (AvgIpc) is 3.67. The smallest absolute Gasteiger partial charge is 0.328 e. The average molecular weight is 964 g/mol. The predicted octanol–water partition coefficient (Wildman–Crippen LogP) is 3.17. The lowest BCUT2D eigenvalue weighted by molar-refractivity contribution is -0.367. The van der Waals surface area contributed by atoms with Gasteiger partial charge in [-0.15, -0.1) is 0 Å². The number of rotatable bonds is 22. The van der Waals surface area contributed by atoms with E-state index in [0.29, 0.717) is 6.42 Å². The molecule has 6 unspecified atom stereocenters. The minimum absolute atomic E-state index is 0.00576. The molecule has 68 heavy (non-hydrogen) atoms. The van der Waals surface area contributed by atoms with Gasteiger partial charge in [0.2, 0.25) is 11.7 Å². The van der Waals surface area contributed by atoms with Crippen LogP contribution in [0.1, 0.15) is 67.7 Å². The lowest BCUT2D eigenvalue weighted by Gasteiger charge is -2.53. The first kappa shape index (κ1) is 57.1. The van der Waals surface area contributed by atoms with Crippen molar-refractivity contribution in [2.75, 3.05) is 34.5 Å². The zero-order valence-electron chi connectivity index (χ0n) is 41.0. The molecule has 4 aliphatic rings. The molecule has 0 aromatic heterocycles. The van der Waals surface area contributed by atoms with E-state index >= 15 is 0 Å². The Labute approximate surface area is 400 Å². The zero-order chi connectivity index (χ0) is 50.3. The zero-order valence-corrected chi connectivity index (χ0v) is 41.0. The number of nitrogens with one attached hydrogen (secondary N) is 1. The van der Waals surface area contributed by atoms with Crippen LogP contribution in [0.2, 0.25) is 0 Å². The summed E-state index contributed by atoms with van der Waals surface area (Å²) in [5.41, 5.74) is -0.230. The summed E-state index contributed by atoms with van der Waals surface area (Å²) >= 11 is 0. The van der Waals surface area contributed by atoms with Gasteiger partial charge in [0.1, 0.15) is 30.3 Å². The number of hydrogen-bond donors (Lipinski definition) is 7. The Balaban J connectivity index is 1.46. The molecule has 18 atom stereocenters. The van der Waals surface area contributed by atoms with Crippen LogP contribution in [0.15, 0.2) is 84.6 Å². The minimum Gasteiger partial charge on any atom is -0.478 e. The fourth-order valence-electron chi connectivity index (χ4n) is 9.05. The summed E-state index contributed by atoms with van der Waals surface area (Å²) < 4.78 is 54.2. The number of amides is 1. The molecule has 4 fully saturated rings. The van der Waals surface area contributed by atoms with E-state index < -0.39 is 115 Å². The van der Waals surface area contributed by atoms with Crippen molar-refractivity contribution >= 4 is 11.9 Å². The molecule has 4 saturated heterocycles. The van der Waals surface area contributed by atoms with Crippen molar-refractivity contribution in [2.24, 2.45) is 17.3 Å². The topological polar surface area (TPSA) is 251 Å². The van der Waals surface area contributed by atoms with E-state index in [9.17, 15) is 35.1 Å². The fraction of sp³-hybridized carbons (Fsp3) is 0.680. The Morgan fingerprint density at radius 2 is 1.50 bits per heavy atom. The van der Waals surface area contributed by atoms with Gasteiger partial charge in [-0.3, -0.25) is 4.79 Å². The van der Waals surface area contributed by atoms with Crippen LogP contribution >= 0.6 is 0 Å². The normalized spacial score (nSPS) is 37.5. The van der Waals surface area contributed by atoms with Gasteiger partial charge in [-0.2, -0.15) is 0 Å². The highest BCUT2D eigenvalue weighted by Crippen LogP contribution is 2.44. The Hall–Kier alpha value is -3.44. The van der Waals surface area contributed by atoms with Crippen LogP contribution in [0, 0.1) is 17.3 Å². The largest absolute Gasteiger partial charge is 0.478 e. The van der Waals surface area contributed by atoms with Crippen molar-refractivity contribution in [1.29, 1.82) is 0 Å². The van der Waals surface area contributed by atoms with Gasteiger partial charge in [0.05, 0.1) is 61.5 Å². The van der Waals surface area contributed by atoms with Gasteiger partial charge in [0, 0.05) is 64.5 Å². The van der Waals surface area contributed by atoms with Crippen LogP contribution in [0.25, 0.3) is 0 Å². The number of allylic oxidation sites excluding steroid dienone is 9. The molecule has 4 heterocycles. The van der Waals surface area contributed by atoms with E-state index in [0.717, 1.165) is 11.6 Å². The van der Waals surface area contributed by atoms with E-state index in [1.165, 1.54) is 20.3 Å². The predicted molar refractivity (Wildman–Crippen MR) is 250 cm³/mol. The van der Waals surface area contributed by atoms with Crippen molar-refractivity contribution in [1.82, 2.24) is 5.32 Å². The monoisotopic (exact) mass is 964 g/mol. The summed E-state index contributed by atoms with van der Waals surface area (Å²) in [6.07, 6.45) is 10.3. The molecular formula is C50H77NO17. The second-order valence-corrected chi connectivity index (χ2v) is 18.5. The molecule has 4 rings (SSSR count). The lowest BCUT2D eigenvalue weighted by Crippen LogP contribution is -2.70. The number of carbonyl (C=O) groups is 2. The molecule has 0 aromatic carbocycles. The number of ether oxygens (including phenoxy) is 9. The van der Waals surface area contributed by atoms with Crippen LogP contribution in [-0.2, 0) is 52.2 Å². The molecule has 4 aliphatic heterocycles. The minimum atomic E-state index is -2.63. The van der Waals surface area contributed by atoms with Crippen molar-refractivity contribution < 1.29 is 82.9 Å². The molecule has 7 N–H and O–H groups in total. The molecule has 384 valence electrons. The third-order valence-electron chi connectivity index (χ3n) is 13.3. The van der Waals surface area contributed by atoms with E-state index in [1.807, 2.05) is 26.8 Å². The molecule has 0 bridgehead atoms. The van der Waals surface area contributed by atoms with Crippen LogP contribution in [0.3, 0.4) is 0 Å². The number of aliphatic carboxylic acids is 1. The van der Waals surface area contributed by atoms with Crippen LogP contribution in [0.4, 0.5) is 0 Å². The molecule has 0 aliphatic carbocycles. The van der Waals surface area contributed by atoms with Crippen molar-refractivity contribution in [3.63, 3.8) is 0 Å². The first-order valence-corrected chi connectivity index (χ1v) is 23.3. The molecule has 0 spiro atoms. The van der Waals surface area contributed by atoms with Crippen LogP contribution in [0.5, 0.6) is 0 Å². The van der Waals surface area contributed by atoms with Crippen molar-refractivity contribution in [3.05, 3.63) is 84.6 Å². The van der Waals surface area contributed by atoms with Gasteiger partial charge >= 0.3 is 5.97 Å². The number of hydrogen-bond acceptors (Lipinski definition) is 16. The second kappa shape index (κ2) is 26.7. The number of aliphatic hydroxyl groups excluding tert-OH is 4. The summed E-state index contributed by atoms with van der Waals surface area (Å²) in [7, 11) is 4.63. The molecular weight excluding hydrogens is 887 g/mol. The van der Waals surface area contributed by atoms with Gasteiger partial charge < -0.3 is 78.6 Å². The standard InChI is InChI=1S/C50H77NO17/c1-11-12-15-22-39-49(6,7)46(56)47(57)50(59,68-39)33(28-63-41-27-38(61-9)45(32(5)65-41)67-42-26-37(60-8)43(55)31(4)64-42)48(58)51-24-19-18-20-29(2)44(62-10)30(3)36-25-34(52)35(66-36)21-16-13-14-17-23-40(53)54/h11-23,30-39,41-47,52,55-57,59H,24-28H2,1-10H3,(H,51,58)(H,53,54)/b12-11-,14-13+,19-18+,21-16+,22-15-,23-17+,29-20+/t30?,31-,32-,33?,34?,35?,36?,37-,38-,39+,41+,42+,43+,44?,45+,46+,47-,50-/m1/s1. The maximum absolute atomic E-state index is 14.2. The fourth-order valence-corrected chi connectivity index (χ4v) is 9.05. The Kier molecular flexibility index (Phi) is 22.4. The number of methoxy groups -OCH3 is 3. The number of carbonyl (C=O) groups excluding carboxylic acids is 1. The third kappa shape index (κ3) is 14.8. The molecule has 0 aromatic rings. The maximum Gasteiger partial charge on any atom is 0.328 e.